The van der Waals surface area contributed by atoms with Crippen molar-refractivity contribution in [3.05, 3.63) is 28.2 Å². The molecule has 0 aromatic heterocycles. The molecule has 0 aliphatic carbocycles. The zero-order chi connectivity index (χ0) is 13.7. The number of halogens is 1. The van der Waals surface area contributed by atoms with Gasteiger partial charge in [-0.05, 0) is 36.7 Å². The van der Waals surface area contributed by atoms with Crippen molar-refractivity contribution in [2.75, 3.05) is 36.0 Å². The second-order valence-corrected chi connectivity index (χ2v) is 7.40. The molecule has 1 saturated heterocycles. The summed E-state index contributed by atoms with van der Waals surface area (Å²) in [5, 5.41) is 3.46. The van der Waals surface area contributed by atoms with E-state index in [1.807, 2.05) is 0 Å². The van der Waals surface area contributed by atoms with Crippen molar-refractivity contribution in [3.63, 3.8) is 0 Å². The van der Waals surface area contributed by atoms with E-state index >= 15 is 0 Å². The van der Waals surface area contributed by atoms with Crippen molar-refractivity contribution < 1.29 is 4.21 Å². The number of nitrogens with zero attached hydrogens (tertiary/aromatic N) is 1. The van der Waals surface area contributed by atoms with Gasteiger partial charge in [0, 0.05) is 52.1 Å². The standard InChI is InChI=1S/C14H21BrN2OS/c1-2-5-16-11-12-10-13(15)3-4-14(12)17-6-8-19(18)9-7-17/h3-4,10,16H,2,5-9,11H2,1H3. The Balaban J connectivity index is 2.11. The van der Waals surface area contributed by atoms with Gasteiger partial charge in [0.2, 0.25) is 0 Å². The molecular formula is C14H21BrN2OS. The molecule has 0 amide bonds. The Hall–Kier alpha value is -0.390. The minimum Gasteiger partial charge on any atom is -0.369 e. The predicted molar refractivity (Wildman–Crippen MR) is 86.2 cm³/mol. The van der Waals surface area contributed by atoms with Crippen molar-refractivity contribution in [1.82, 2.24) is 5.32 Å². The first-order chi connectivity index (χ1) is 9.20. The Kier molecular flexibility index (Phi) is 5.85. The van der Waals surface area contributed by atoms with Crippen molar-refractivity contribution in [2.24, 2.45) is 0 Å². The third-order valence-electron chi connectivity index (χ3n) is 3.30. The molecule has 5 heteroatoms. The van der Waals surface area contributed by atoms with Crippen LogP contribution in [0.1, 0.15) is 18.9 Å². The van der Waals surface area contributed by atoms with Crippen LogP contribution in [0.15, 0.2) is 22.7 Å². The molecule has 2 rings (SSSR count). The summed E-state index contributed by atoms with van der Waals surface area (Å²) in [7, 11) is -0.619. The first kappa shape index (κ1) is 15.0. The molecule has 106 valence electrons. The fourth-order valence-electron chi connectivity index (χ4n) is 2.28. The van der Waals surface area contributed by atoms with Crippen LogP contribution in [0, 0.1) is 0 Å². The second-order valence-electron chi connectivity index (χ2n) is 4.78. The van der Waals surface area contributed by atoms with Crippen molar-refractivity contribution in [3.8, 4) is 0 Å². The summed E-state index contributed by atoms with van der Waals surface area (Å²) < 4.78 is 12.6. The second kappa shape index (κ2) is 7.41. The average Bonchev–Trinajstić information content (AvgIpc) is 2.41. The lowest BCUT2D eigenvalue weighted by Crippen LogP contribution is -2.38. The molecule has 1 aliphatic heterocycles. The topological polar surface area (TPSA) is 32.3 Å². The van der Waals surface area contributed by atoms with E-state index in [2.05, 4.69) is 51.3 Å². The van der Waals surface area contributed by atoms with Gasteiger partial charge >= 0.3 is 0 Å². The zero-order valence-corrected chi connectivity index (χ0v) is 13.7. The van der Waals surface area contributed by atoms with Crippen molar-refractivity contribution in [2.45, 2.75) is 19.9 Å². The van der Waals surface area contributed by atoms with E-state index < -0.39 is 10.8 Å². The Labute approximate surface area is 126 Å². The highest BCUT2D eigenvalue weighted by molar-refractivity contribution is 9.10. The van der Waals surface area contributed by atoms with Gasteiger partial charge < -0.3 is 10.2 Å². The van der Waals surface area contributed by atoms with E-state index in [0.717, 1.165) is 48.6 Å². The van der Waals surface area contributed by atoms with Crippen LogP contribution in [0.25, 0.3) is 0 Å². The summed E-state index contributed by atoms with van der Waals surface area (Å²) in [5.74, 6) is 1.58. The van der Waals surface area contributed by atoms with Crippen LogP contribution in [0.5, 0.6) is 0 Å². The normalized spacial score (nSPS) is 16.8. The van der Waals surface area contributed by atoms with E-state index in [1.54, 1.807) is 0 Å². The monoisotopic (exact) mass is 344 g/mol. The summed E-state index contributed by atoms with van der Waals surface area (Å²) in [5.41, 5.74) is 2.60. The highest BCUT2D eigenvalue weighted by Crippen LogP contribution is 2.25. The number of anilines is 1. The Morgan fingerprint density at radius 1 is 1.37 bits per heavy atom. The molecule has 19 heavy (non-hydrogen) atoms. The summed E-state index contributed by atoms with van der Waals surface area (Å²) in [6, 6.07) is 6.44. The molecule has 1 fully saturated rings. The quantitative estimate of drug-likeness (QED) is 0.833. The van der Waals surface area contributed by atoms with E-state index in [9.17, 15) is 4.21 Å². The lowest BCUT2D eigenvalue weighted by molar-refractivity contribution is 0.665. The molecule has 1 aromatic carbocycles. The number of benzene rings is 1. The van der Waals surface area contributed by atoms with E-state index in [0.29, 0.717) is 0 Å². The molecule has 0 bridgehead atoms. The summed E-state index contributed by atoms with van der Waals surface area (Å²) in [4.78, 5) is 2.36. The first-order valence-corrected chi connectivity index (χ1v) is 9.08. The molecular weight excluding hydrogens is 324 g/mol. The highest BCUT2D eigenvalue weighted by atomic mass is 79.9. The van der Waals surface area contributed by atoms with Gasteiger partial charge in [-0.25, -0.2) is 0 Å². The molecule has 0 radical (unpaired) electrons. The molecule has 0 unspecified atom stereocenters. The molecule has 1 aliphatic rings. The summed E-state index contributed by atoms with van der Waals surface area (Å²) in [6.07, 6.45) is 1.14. The molecule has 3 nitrogen and oxygen atoms in total. The maximum atomic E-state index is 11.5. The first-order valence-electron chi connectivity index (χ1n) is 6.79. The third kappa shape index (κ3) is 4.29. The van der Waals surface area contributed by atoms with Gasteiger partial charge in [0.25, 0.3) is 0 Å². The third-order valence-corrected chi connectivity index (χ3v) is 5.07. The fraction of sp³-hybridized carbons (Fsp3) is 0.571. The average molecular weight is 345 g/mol. The predicted octanol–water partition coefficient (Wildman–Crippen LogP) is 2.52. The van der Waals surface area contributed by atoms with Gasteiger partial charge in [0.05, 0.1) is 0 Å². The Bertz CT molecular complexity index is 443. The molecule has 1 N–H and O–H groups in total. The molecule has 0 spiro atoms. The molecule has 0 saturated carbocycles. The molecule has 0 atom stereocenters. The maximum Gasteiger partial charge on any atom is 0.0413 e. The summed E-state index contributed by atoms with van der Waals surface area (Å²) >= 11 is 3.54. The van der Waals surface area contributed by atoms with Gasteiger partial charge in [-0.15, -0.1) is 0 Å². The van der Waals surface area contributed by atoms with Crippen molar-refractivity contribution in [1.29, 1.82) is 0 Å². The van der Waals surface area contributed by atoms with E-state index in [1.165, 1.54) is 11.3 Å². The van der Waals surface area contributed by atoms with Gasteiger partial charge in [-0.1, -0.05) is 22.9 Å². The number of nitrogens with one attached hydrogen (secondary N) is 1. The number of rotatable bonds is 5. The van der Waals surface area contributed by atoms with Crippen LogP contribution in [0.3, 0.4) is 0 Å². The Morgan fingerprint density at radius 3 is 2.79 bits per heavy atom. The molecule has 1 aromatic rings. The van der Waals surface area contributed by atoms with E-state index in [-0.39, 0.29) is 0 Å². The Morgan fingerprint density at radius 2 is 2.11 bits per heavy atom. The van der Waals surface area contributed by atoms with Gasteiger partial charge in [-0.2, -0.15) is 0 Å². The van der Waals surface area contributed by atoms with Crippen molar-refractivity contribution >= 4 is 32.4 Å². The fourth-order valence-corrected chi connectivity index (χ4v) is 3.74. The maximum absolute atomic E-state index is 11.5. The van der Waals surface area contributed by atoms with Crippen LogP contribution >= 0.6 is 15.9 Å². The minimum absolute atomic E-state index is 0.619. The van der Waals surface area contributed by atoms with Gasteiger partial charge in [0.15, 0.2) is 0 Å². The zero-order valence-electron chi connectivity index (χ0n) is 11.3. The van der Waals surface area contributed by atoms with Crippen LogP contribution in [0.2, 0.25) is 0 Å². The number of hydrogen-bond acceptors (Lipinski definition) is 3. The summed E-state index contributed by atoms with van der Waals surface area (Å²) in [6.45, 7) is 5.90. The van der Waals surface area contributed by atoms with Gasteiger partial charge in [-0.3, -0.25) is 4.21 Å². The van der Waals surface area contributed by atoms with Crippen LogP contribution in [-0.4, -0.2) is 35.3 Å². The van der Waals surface area contributed by atoms with Crippen LogP contribution in [0.4, 0.5) is 5.69 Å². The lowest BCUT2D eigenvalue weighted by Gasteiger charge is -2.30. The molecule has 1 heterocycles. The van der Waals surface area contributed by atoms with Crippen LogP contribution in [-0.2, 0) is 17.3 Å². The smallest absolute Gasteiger partial charge is 0.0413 e. The van der Waals surface area contributed by atoms with Gasteiger partial charge in [0.1, 0.15) is 0 Å². The highest BCUT2D eigenvalue weighted by Gasteiger charge is 2.17. The minimum atomic E-state index is -0.619. The number of hydrogen-bond donors (Lipinski definition) is 1. The van der Waals surface area contributed by atoms with E-state index in [4.69, 9.17) is 0 Å². The largest absolute Gasteiger partial charge is 0.369 e. The van der Waals surface area contributed by atoms with Crippen LogP contribution < -0.4 is 10.2 Å². The SMILES string of the molecule is CCCNCc1cc(Br)ccc1N1CCS(=O)CC1. The lowest BCUT2D eigenvalue weighted by atomic mass is 10.1.